The zero-order valence-corrected chi connectivity index (χ0v) is 30.6. The van der Waals surface area contributed by atoms with Crippen molar-refractivity contribution in [3.05, 3.63) is 48.5 Å². The Kier molecular flexibility index (Phi) is 12.9. The second-order valence-corrected chi connectivity index (χ2v) is 13.7. The standard InChI is InChI=1S/C35H46Cl2N8O6/c1-48-28-7-3-5-9-30(28)50-21-19-40-11-15-42(16-12-40)32-26(36)23-38-44(34(32)46)25-45-35(47)33(27(37)24-39-45)43-17-13-41(14-18-43)20-22-51-31-10-6-4-8-29(31)49-2/h3-10,23-24,26-27,32-33H,11-22,25H2,1-2H3. The van der Waals surface area contributed by atoms with Gasteiger partial charge in [-0.3, -0.25) is 29.2 Å². The Bertz CT molecular complexity index is 1430. The summed E-state index contributed by atoms with van der Waals surface area (Å²) in [7, 11) is 3.25. The Morgan fingerprint density at radius 2 is 0.980 bits per heavy atom. The van der Waals surface area contributed by atoms with Gasteiger partial charge >= 0.3 is 0 Å². The van der Waals surface area contributed by atoms with Gasteiger partial charge in [0, 0.05) is 77.9 Å². The third kappa shape index (κ3) is 9.05. The van der Waals surface area contributed by atoms with E-state index in [4.69, 9.17) is 42.1 Å². The summed E-state index contributed by atoms with van der Waals surface area (Å²) in [6.07, 6.45) is 3.13. The molecule has 4 aliphatic rings. The van der Waals surface area contributed by atoms with E-state index in [1.54, 1.807) is 26.6 Å². The molecule has 4 unspecified atom stereocenters. The highest BCUT2D eigenvalue weighted by Gasteiger charge is 2.43. The van der Waals surface area contributed by atoms with Gasteiger partial charge in [0.15, 0.2) is 23.0 Å². The van der Waals surface area contributed by atoms with E-state index in [2.05, 4.69) is 29.8 Å². The fraction of sp³-hybridized carbons (Fsp3) is 0.543. The van der Waals surface area contributed by atoms with Crippen molar-refractivity contribution < 1.29 is 28.5 Å². The van der Waals surface area contributed by atoms with E-state index >= 15 is 0 Å². The van der Waals surface area contributed by atoms with Crippen LogP contribution in [0.5, 0.6) is 23.0 Å². The van der Waals surface area contributed by atoms with Crippen molar-refractivity contribution in [2.75, 3.05) is 99.5 Å². The lowest BCUT2D eigenvalue weighted by Crippen LogP contribution is -2.63. The van der Waals surface area contributed by atoms with E-state index in [1.807, 2.05) is 48.5 Å². The van der Waals surface area contributed by atoms with Gasteiger partial charge < -0.3 is 18.9 Å². The summed E-state index contributed by atoms with van der Waals surface area (Å²) in [5.41, 5.74) is 0. The Balaban J connectivity index is 0.963. The van der Waals surface area contributed by atoms with Gasteiger partial charge in [-0.2, -0.15) is 10.2 Å². The van der Waals surface area contributed by atoms with Gasteiger partial charge in [0.2, 0.25) is 0 Å². The Morgan fingerprint density at radius 3 is 1.35 bits per heavy atom. The Morgan fingerprint density at radius 1 is 0.608 bits per heavy atom. The first-order valence-electron chi connectivity index (χ1n) is 17.3. The van der Waals surface area contributed by atoms with Crippen molar-refractivity contribution in [3.8, 4) is 23.0 Å². The smallest absolute Gasteiger partial charge is 0.263 e. The molecule has 0 aliphatic carbocycles. The number of carbonyl (C=O) groups excluding carboxylic acids is 2. The van der Waals surface area contributed by atoms with Crippen LogP contribution in [0.1, 0.15) is 0 Å². The lowest BCUT2D eigenvalue weighted by atomic mass is 10.1. The fourth-order valence-electron chi connectivity index (χ4n) is 6.77. The number of nitrogens with zero attached hydrogens (tertiary/aromatic N) is 8. The first-order chi connectivity index (χ1) is 24.9. The third-order valence-electron chi connectivity index (χ3n) is 9.65. The van der Waals surface area contributed by atoms with Gasteiger partial charge in [-0.25, -0.2) is 10.0 Å². The van der Waals surface area contributed by atoms with Gasteiger partial charge in [0.25, 0.3) is 11.8 Å². The molecule has 0 bridgehead atoms. The highest BCUT2D eigenvalue weighted by molar-refractivity contribution is 6.31. The van der Waals surface area contributed by atoms with Crippen LogP contribution in [-0.4, -0.2) is 176 Å². The summed E-state index contributed by atoms with van der Waals surface area (Å²) >= 11 is 13.3. The molecule has 4 atom stereocenters. The summed E-state index contributed by atoms with van der Waals surface area (Å²) in [5, 5.41) is 10.0. The largest absolute Gasteiger partial charge is 0.493 e. The van der Waals surface area contributed by atoms with Crippen LogP contribution in [0.2, 0.25) is 0 Å². The number of hydrogen-bond donors (Lipinski definition) is 0. The molecule has 2 amide bonds. The van der Waals surface area contributed by atoms with Gasteiger partial charge in [-0.1, -0.05) is 24.3 Å². The summed E-state index contributed by atoms with van der Waals surface area (Å²) in [6.45, 7) is 8.08. The molecule has 4 heterocycles. The normalized spacial score (nSPS) is 25.3. The summed E-state index contributed by atoms with van der Waals surface area (Å²) in [4.78, 5) is 36.3. The van der Waals surface area contributed by atoms with Crippen molar-refractivity contribution in [2.45, 2.75) is 22.8 Å². The van der Waals surface area contributed by atoms with Crippen LogP contribution in [0.25, 0.3) is 0 Å². The molecule has 0 N–H and O–H groups in total. The van der Waals surface area contributed by atoms with Gasteiger partial charge in [0.1, 0.15) is 32.0 Å². The number of halogens is 2. The number of piperazine rings is 2. The van der Waals surface area contributed by atoms with Gasteiger partial charge in [-0.15, -0.1) is 23.2 Å². The molecule has 0 aromatic heterocycles. The predicted octanol–water partition coefficient (Wildman–Crippen LogP) is 1.96. The molecule has 16 heteroatoms. The zero-order chi connectivity index (χ0) is 35.7. The molecule has 2 saturated heterocycles. The average molecular weight is 746 g/mol. The predicted molar refractivity (Wildman–Crippen MR) is 195 cm³/mol. The third-order valence-corrected chi connectivity index (χ3v) is 10.4. The molecule has 2 aromatic carbocycles. The van der Waals surface area contributed by atoms with Crippen LogP contribution < -0.4 is 18.9 Å². The minimum atomic E-state index is -0.600. The number of hydrazone groups is 2. The number of rotatable bonds is 14. The number of ether oxygens (including phenoxy) is 4. The second kappa shape index (κ2) is 17.7. The fourth-order valence-corrected chi connectivity index (χ4v) is 7.41. The molecular weight excluding hydrogens is 699 g/mol. The van der Waals surface area contributed by atoms with Crippen molar-refractivity contribution in [3.63, 3.8) is 0 Å². The lowest BCUT2D eigenvalue weighted by Gasteiger charge is -2.43. The maximum atomic E-state index is 13.8. The average Bonchev–Trinajstić information content (AvgIpc) is 3.15. The molecule has 0 saturated carbocycles. The zero-order valence-electron chi connectivity index (χ0n) is 29.1. The molecule has 14 nitrogen and oxygen atoms in total. The highest BCUT2D eigenvalue weighted by atomic mass is 35.5. The van der Waals surface area contributed by atoms with Crippen molar-refractivity contribution in [2.24, 2.45) is 10.2 Å². The first-order valence-corrected chi connectivity index (χ1v) is 18.2. The number of alkyl halides is 2. The van der Waals surface area contributed by atoms with Crippen LogP contribution in [-0.2, 0) is 9.59 Å². The SMILES string of the molecule is COc1ccccc1OCCN1CCN(C2C(=O)N(CN3N=CC(Cl)C(N4CCN(CCOc5ccccc5OC)CC4)C3=O)N=CC2Cl)CC1. The second-order valence-electron chi connectivity index (χ2n) is 12.7. The Labute approximate surface area is 309 Å². The van der Waals surface area contributed by atoms with Crippen LogP contribution in [0.15, 0.2) is 58.7 Å². The number of carbonyl (C=O) groups is 2. The topological polar surface area (TPSA) is 115 Å². The number of para-hydroxylation sites is 4. The van der Waals surface area contributed by atoms with E-state index in [9.17, 15) is 9.59 Å². The quantitative estimate of drug-likeness (QED) is 0.266. The number of amides is 2. The molecule has 4 aliphatic heterocycles. The first kappa shape index (κ1) is 37.1. The molecule has 6 rings (SSSR count). The van der Waals surface area contributed by atoms with Crippen LogP contribution >= 0.6 is 23.2 Å². The molecule has 0 radical (unpaired) electrons. The highest BCUT2D eigenvalue weighted by Crippen LogP contribution is 2.27. The monoisotopic (exact) mass is 744 g/mol. The van der Waals surface area contributed by atoms with E-state index in [0.29, 0.717) is 62.4 Å². The number of methoxy groups -OCH3 is 2. The minimum absolute atomic E-state index is 0.120. The van der Waals surface area contributed by atoms with Crippen molar-refractivity contribution >= 4 is 47.4 Å². The van der Waals surface area contributed by atoms with E-state index < -0.39 is 22.8 Å². The molecule has 2 aromatic rings. The van der Waals surface area contributed by atoms with Crippen LogP contribution in [0.4, 0.5) is 0 Å². The maximum absolute atomic E-state index is 13.8. The van der Waals surface area contributed by atoms with E-state index in [1.165, 1.54) is 10.0 Å². The molecule has 2 fully saturated rings. The van der Waals surface area contributed by atoms with Gasteiger partial charge in [0.05, 0.1) is 25.0 Å². The summed E-state index contributed by atoms with van der Waals surface area (Å²) < 4.78 is 22.6. The van der Waals surface area contributed by atoms with Crippen LogP contribution in [0.3, 0.4) is 0 Å². The molecule has 276 valence electrons. The minimum Gasteiger partial charge on any atom is -0.493 e. The molecular formula is C35H46Cl2N8O6. The lowest BCUT2D eigenvalue weighted by molar-refractivity contribution is -0.147. The summed E-state index contributed by atoms with van der Waals surface area (Å²) in [6, 6.07) is 14.0. The van der Waals surface area contributed by atoms with Crippen LogP contribution in [0, 0.1) is 0 Å². The van der Waals surface area contributed by atoms with Crippen molar-refractivity contribution in [1.82, 2.24) is 29.6 Å². The van der Waals surface area contributed by atoms with E-state index in [-0.39, 0.29) is 18.5 Å². The van der Waals surface area contributed by atoms with Crippen molar-refractivity contribution in [1.29, 1.82) is 0 Å². The molecule has 51 heavy (non-hydrogen) atoms. The Hall–Kier alpha value is -3.66. The number of hydrogen-bond acceptors (Lipinski definition) is 12. The van der Waals surface area contributed by atoms with Gasteiger partial charge in [-0.05, 0) is 24.3 Å². The molecule has 0 spiro atoms. The van der Waals surface area contributed by atoms with E-state index in [0.717, 1.165) is 39.3 Å². The maximum Gasteiger partial charge on any atom is 0.263 e. The summed E-state index contributed by atoms with van der Waals surface area (Å²) in [5.74, 6) is 2.31. The number of benzene rings is 2.